The molecular weight excluding hydrogens is 128 g/mol. The second kappa shape index (κ2) is 3.20. The van der Waals surface area contributed by atoms with Crippen LogP contribution in [0.25, 0.3) is 0 Å². The molecule has 2 heteroatoms. The molecular formula is C8H10O2. The van der Waals surface area contributed by atoms with E-state index >= 15 is 0 Å². The average Bonchev–Trinajstić information content (AvgIpc) is 2.34. The van der Waals surface area contributed by atoms with Gasteiger partial charge in [-0.1, -0.05) is 18.2 Å². The molecule has 0 aromatic carbocycles. The van der Waals surface area contributed by atoms with Crippen LogP contribution in [0.3, 0.4) is 0 Å². The van der Waals surface area contributed by atoms with E-state index in [0.29, 0.717) is 5.92 Å². The van der Waals surface area contributed by atoms with Crippen molar-refractivity contribution < 1.29 is 9.90 Å². The summed E-state index contributed by atoms with van der Waals surface area (Å²) in [5.74, 6) is -0.503. The molecule has 0 spiro atoms. The molecule has 0 saturated heterocycles. The lowest BCUT2D eigenvalue weighted by Gasteiger charge is -1.95. The maximum atomic E-state index is 10.0. The van der Waals surface area contributed by atoms with Gasteiger partial charge in [0.25, 0.3) is 0 Å². The van der Waals surface area contributed by atoms with Crippen molar-refractivity contribution in [3.63, 3.8) is 0 Å². The molecule has 54 valence electrons. The third-order valence-electron chi connectivity index (χ3n) is 1.54. The van der Waals surface area contributed by atoms with E-state index in [2.05, 4.69) is 6.08 Å². The molecule has 0 bridgehead atoms. The molecule has 0 amide bonds. The van der Waals surface area contributed by atoms with Crippen LogP contribution in [0.1, 0.15) is 12.8 Å². The number of allylic oxidation sites excluding steroid dienone is 3. The monoisotopic (exact) mass is 138 g/mol. The fraction of sp³-hybridized carbons (Fsp3) is 0.375. The number of aliphatic carboxylic acids is 1. The highest BCUT2D eigenvalue weighted by Gasteiger charge is 2.04. The number of carboxylic acid groups (broad SMARTS) is 1. The lowest BCUT2D eigenvalue weighted by atomic mass is 10.1. The van der Waals surface area contributed by atoms with Crippen molar-refractivity contribution in [1.82, 2.24) is 0 Å². The Morgan fingerprint density at radius 2 is 2.50 bits per heavy atom. The van der Waals surface area contributed by atoms with E-state index in [1.807, 2.05) is 6.08 Å². The first-order valence-corrected chi connectivity index (χ1v) is 3.37. The Kier molecular flexibility index (Phi) is 2.26. The van der Waals surface area contributed by atoms with Crippen LogP contribution >= 0.6 is 0 Å². The quantitative estimate of drug-likeness (QED) is 0.464. The minimum atomic E-state index is -0.861. The Morgan fingerprint density at radius 3 is 3.00 bits per heavy atom. The first-order valence-electron chi connectivity index (χ1n) is 3.37. The van der Waals surface area contributed by atoms with Crippen molar-refractivity contribution in [2.75, 3.05) is 0 Å². The standard InChI is InChI=1S/C8H10O2/c9-8(10)6-5-7-3-1-2-4-7/h1,3,5-7H,2,4H2,(H,9,10)/b6-5-. The van der Waals surface area contributed by atoms with Gasteiger partial charge in [0.2, 0.25) is 0 Å². The van der Waals surface area contributed by atoms with Gasteiger partial charge in [-0.3, -0.25) is 0 Å². The van der Waals surface area contributed by atoms with E-state index in [0.717, 1.165) is 12.8 Å². The smallest absolute Gasteiger partial charge is 0.327 e. The highest BCUT2D eigenvalue weighted by Crippen LogP contribution is 2.17. The van der Waals surface area contributed by atoms with Crippen LogP contribution in [-0.4, -0.2) is 11.1 Å². The predicted molar refractivity (Wildman–Crippen MR) is 38.6 cm³/mol. The molecule has 1 aliphatic carbocycles. The molecule has 1 atom stereocenters. The Bertz CT molecular complexity index is 180. The minimum absolute atomic E-state index is 0.357. The van der Waals surface area contributed by atoms with Crippen molar-refractivity contribution in [1.29, 1.82) is 0 Å². The van der Waals surface area contributed by atoms with Crippen LogP contribution in [0.4, 0.5) is 0 Å². The van der Waals surface area contributed by atoms with E-state index in [1.165, 1.54) is 6.08 Å². The van der Waals surface area contributed by atoms with Gasteiger partial charge in [-0.2, -0.15) is 0 Å². The fourth-order valence-corrected chi connectivity index (χ4v) is 1.02. The largest absolute Gasteiger partial charge is 0.478 e. The summed E-state index contributed by atoms with van der Waals surface area (Å²) in [6.45, 7) is 0. The van der Waals surface area contributed by atoms with E-state index in [1.54, 1.807) is 6.08 Å². The van der Waals surface area contributed by atoms with Gasteiger partial charge in [-0.05, 0) is 18.8 Å². The van der Waals surface area contributed by atoms with Crippen molar-refractivity contribution in [3.8, 4) is 0 Å². The highest BCUT2D eigenvalue weighted by atomic mass is 16.4. The van der Waals surface area contributed by atoms with Crippen LogP contribution < -0.4 is 0 Å². The second-order valence-corrected chi connectivity index (χ2v) is 2.37. The van der Waals surface area contributed by atoms with Crippen molar-refractivity contribution in [2.24, 2.45) is 5.92 Å². The van der Waals surface area contributed by atoms with Crippen molar-refractivity contribution in [3.05, 3.63) is 24.3 Å². The van der Waals surface area contributed by atoms with Crippen molar-refractivity contribution in [2.45, 2.75) is 12.8 Å². The Hall–Kier alpha value is -1.05. The summed E-state index contributed by atoms with van der Waals surface area (Å²) >= 11 is 0. The van der Waals surface area contributed by atoms with Crippen LogP contribution in [0.15, 0.2) is 24.3 Å². The summed E-state index contributed by atoms with van der Waals surface area (Å²) in [6.07, 6.45) is 9.20. The first kappa shape index (κ1) is 7.06. The molecule has 0 heterocycles. The Morgan fingerprint density at radius 1 is 1.70 bits per heavy atom. The second-order valence-electron chi connectivity index (χ2n) is 2.37. The maximum Gasteiger partial charge on any atom is 0.327 e. The lowest BCUT2D eigenvalue weighted by Crippen LogP contribution is -1.90. The van der Waals surface area contributed by atoms with E-state index in [9.17, 15) is 4.79 Å². The van der Waals surface area contributed by atoms with Crippen LogP contribution in [-0.2, 0) is 4.79 Å². The number of hydrogen-bond acceptors (Lipinski definition) is 1. The van der Waals surface area contributed by atoms with E-state index in [4.69, 9.17) is 5.11 Å². The zero-order chi connectivity index (χ0) is 7.40. The average molecular weight is 138 g/mol. The summed E-state index contributed by atoms with van der Waals surface area (Å²) < 4.78 is 0. The summed E-state index contributed by atoms with van der Waals surface area (Å²) in [7, 11) is 0. The van der Waals surface area contributed by atoms with Gasteiger partial charge in [-0.25, -0.2) is 4.79 Å². The van der Waals surface area contributed by atoms with Gasteiger partial charge < -0.3 is 5.11 Å². The van der Waals surface area contributed by atoms with Crippen LogP contribution in [0.5, 0.6) is 0 Å². The van der Waals surface area contributed by atoms with Gasteiger partial charge in [-0.15, -0.1) is 0 Å². The summed E-state index contributed by atoms with van der Waals surface area (Å²) in [4.78, 5) is 10.0. The number of rotatable bonds is 2. The summed E-state index contributed by atoms with van der Waals surface area (Å²) in [6, 6.07) is 0. The maximum absolute atomic E-state index is 10.0. The molecule has 0 fully saturated rings. The first-order chi connectivity index (χ1) is 4.79. The predicted octanol–water partition coefficient (Wildman–Crippen LogP) is 1.59. The van der Waals surface area contributed by atoms with Gasteiger partial charge >= 0.3 is 5.97 Å². The molecule has 0 radical (unpaired) electrons. The van der Waals surface area contributed by atoms with Gasteiger partial charge in [0, 0.05) is 6.08 Å². The molecule has 1 aliphatic rings. The molecule has 10 heavy (non-hydrogen) atoms. The highest BCUT2D eigenvalue weighted by molar-refractivity contribution is 5.79. The summed E-state index contributed by atoms with van der Waals surface area (Å²) in [5.41, 5.74) is 0. The topological polar surface area (TPSA) is 37.3 Å². The SMILES string of the molecule is O=C(O)/C=C\C1C=CCC1. The van der Waals surface area contributed by atoms with Gasteiger partial charge in [0.1, 0.15) is 0 Å². The normalized spacial score (nSPS) is 24.2. The van der Waals surface area contributed by atoms with Crippen molar-refractivity contribution >= 4 is 5.97 Å². The zero-order valence-corrected chi connectivity index (χ0v) is 5.66. The molecule has 0 saturated carbocycles. The molecule has 0 aromatic heterocycles. The molecule has 1 rings (SSSR count). The number of carbonyl (C=O) groups is 1. The molecule has 0 aromatic rings. The Balaban J connectivity index is 2.37. The molecule has 1 unspecified atom stereocenters. The van der Waals surface area contributed by atoms with Crippen LogP contribution in [0.2, 0.25) is 0 Å². The number of carboxylic acids is 1. The van der Waals surface area contributed by atoms with Gasteiger partial charge in [0.05, 0.1) is 0 Å². The van der Waals surface area contributed by atoms with Crippen LogP contribution in [0, 0.1) is 5.92 Å². The third-order valence-corrected chi connectivity index (χ3v) is 1.54. The molecule has 1 N–H and O–H groups in total. The van der Waals surface area contributed by atoms with E-state index < -0.39 is 5.97 Å². The zero-order valence-electron chi connectivity index (χ0n) is 5.66. The molecule has 0 aliphatic heterocycles. The molecule has 2 nitrogen and oxygen atoms in total. The fourth-order valence-electron chi connectivity index (χ4n) is 1.02. The lowest BCUT2D eigenvalue weighted by molar-refractivity contribution is -0.131. The number of hydrogen-bond donors (Lipinski definition) is 1. The third kappa shape index (κ3) is 2.05. The van der Waals surface area contributed by atoms with Gasteiger partial charge in [0.15, 0.2) is 0 Å². The minimum Gasteiger partial charge on any atom is -0.478 e. The summed E-state index contributed by atoms with van der Waals surface area (Å²) in [5, 5.41) is 8.26. The van der Waals surface area contributed by atoms with E-state index in [-0.39, 0.29) is 0 Å². The Labute approximate surface area is 59.9 Å².